The Morgan fingerprint density at radius 1 is 1.07 bits per heavy atom. The first-order valence-corrected chi connectivity index (χ1v) is 10.8. The molecular formula is C22H36N4O2. The number of rotatable bonds is 9. The molecule has 1 atom stereocenters. The van der Waals surface area contributed by atoms with Crippen molar-refractivity contribution in [3.63, 3.8) is 0 Å². The van der Waals surface area contributed by atoms with E-state index in [0.717, 1.165) is 78.4 Å². The van der Waals surface area contributed by atoms with Gasteiger partial charge in [0.15, 0.2) is 0 Å². The van der Waals surface area contributed by atoms with Crippen molar-refractivity contribution in [1.29, 1.82) is 0 Å². The number of amides is 1. The van der Waals surface area contributed by atoms with Crippen LogP contribution in [0.15, 0.2) is 30.3 Å². The van der Waals surface area contributed by atoms with E-state index in [-0.39, 0.29) is 11.9 Å². The van der Waals surface area contributed by atoms with Crippen LogP contribution < -0.4 is 5.32 Å². The third-order valence-corrected chi connectivity index (χ3v) is 5.78. The fourth-order valence-corrected chi connectivity index (χ4v) is 3.98. The largest absolute Gasteiger partial charge is 0.378 e. The lowest BCUT2D eigenvalue weighted by molar-refractivity contribution is -0.132. The molecule has 2 heterocycles. The Morgan fingerprint density at radius 3 is 2.57 bits per heavy atom. The highest BCUT2D eigenvalue weighted by Gasteiger charge is 2.28. The van der Waals surface area contributed by atoms with E-state index in [4.69, 9.17) is 4.74 Å². The molecular weight excluding hydrogens is 352 g/mol. The first-order valence-electron chi connectivity index (χ1n) is 10.8. The number of unbranched alkanes of at least 4 members (excludes halogenated alkanes) is 1. The normalized spacial score (nSPS) is 22.2. The number of carbonyl (C=O) groups excluding carboxylic acids is 1. The van der Waals surface area contributed by atoms with Gasteiger partial charge in [0.25, 0.3) is 0 Å². The van der Waals surface area contributed by atoms with Gasteiger partial charge in [0.05, 0.1) is 13.2 Å². The van der Waals surface area contributed by atoms with Crippen molar-refractivity contribution in [2.24, 2.45) is 0 Å². The van der Waals surface area contributed by atoms with E-state index in [0.29, 0.717) is 6.61 Å². The van der Waals surface area contributed by atoms with E-state index >= 15 is 0 Å². The molecule has 0 radical (unpaired) electrons. The lowest BCUT2D eigenvalue weighted by Gasteiger charge is -2.36. The molecule has 28 heavy (non-hydrogen) atoms. The van der Waals surface area contributed by atoms with Gasteiger partial charge in [-0.2, -0.15) is 0 Å². The molecule has 6 heteroatoms. The second-order valence-corrected chi connectivity index (χ2v) is 7.87. The van der Waals surface area contributed by atoms with Crippen molar-refractivity contribution in [3.05, 3.63) is 35.9 Å². The van der Waals surface area contributed by atoms with Crippen LogP contribution in [0, 0.1) is 0 Å². The van der Waals surface area contributed by atoms with Gasteiger partial charge in [0.1, 0.15) is 6.04 Å². The lowest BCUT2D eigenvalue weighted by atomic mass is 10.2. The third-order valence-electron chi connectivity index (χ3n) is 5.78. The van der Waals surface area contributed by atoms with Crippen molar-refractivity contribution < 1.29 is 9.53 Å². The van der Waals surface area contributed by atoms with E-state index in [1.165, 1.54) is 5.56 Å². The number of hydrogen-bond acceptors (Lipinski definition) is 5. The number of benzene rings is 1. The second-order valence-electron chi connectivity index (χ2n) is 7.87. The zero-order valence-corrected chi connectivity index (χ0v) is 17.3. The molecule has 2 saturated heterocycles. The highest BCUT2D eigenvalue weighted by Crippen LogP contribution is 2.10. The molecule has 0 aromatic heterocycles. The predicted octanol–water partition coefficient (Wildman–Crippen LogP) is 1.42. The minimum absolute atomic E-state index is 0.122. The van der Waals surface area contributed by atoms with Gasteiger partial charge < -0.3 is 10.1 Å². The van der Waals surface area contributed by atoms with Crippen LogP contribution in [0.5, 0.6) is 0 Å². The van der Waals surface area contributed by atoms with Crippen molar-refractivity contribution in [3.8, 4) is 0 Å². The Labute approximate surface area is 169 Å². The van der Waals surface area contributed by atoms with Crippen LogP contribution >= 0.6 is 0 Å². The standard InChI is InChI=1S/C22H36N4O2/c1-2-3-10-26-16-17-28-19-21(26)22(27)23-9-11-24-12-14-25(15-13-24)18-20-7-5-4-6-8-20/h4-8,21H,2-3,9-19H2,1H3,(H,23,27)/t21-/m0/s1. The van der Waals surface area contributed by atoms with Crippen LogP contribution in [-0.2, 0) is 16.1 Å². The third kappa shape index (κ3) is 6.55. The Morgan fingerprint density at radius 2 is 1.82 bits per heavy atom. The Balaban J connectivity index is 1.33. The second kappa shape index (κ2) is 11.5. The summed E-state index contributed by atoms with van der Waals surface area (Å²) in [6, 6.07) is 10.5. The lowest BCUT2D eigenvalue weighted by Crippen LogP contribution is -2.55. The molecule has 0 spiro atoms. The molecule has 1 aromatic rings. The summed E-state index contributed by atoms with van der Waals surface area (Å²) in [4.78, 5) is 19.9. The Hall–Kier alpha value is -1.47. The maximum atomic E-state index is 12.6. The maximum Gasteiger partial charge on any atom is 0.239 e. The van der Waals surface area contributed by atoms with Crippen LogP contribution in [0.2, 0.25) is 0 Å². The summed E-state index contributed by atoms with van der Waals surface area (Å²) in [5.41, 5.74) is 1.38. The summed E-state index contributed by atoms with van der Waals surface area (Å²) in [5.74, 6) is 0.124. The number of morpholine rings is 1. The van der Waals surface area contributed by atoms with Gasteiger partial charge in [-0.3, -0.25) is 19.5 Å². The molecule has 1 aromatic carbocycles. The number of carbonyl (C=O) groups is 1. The zero-order chi connectivity index (χ0) is 19.6. The summed E-state index contributed by atoms with van der Waals surface area (Å²) >= 11 is 0. The number of piperazine rings is 1. The van der Waals surface area contributed by atoms with Gasteiger partial charge in [-0.05, 0) is 18.5 Å². The molecule has 0 bridgehead atoms. The van der Waals surface area contributed by atoms with E-state index < -0.39 is 0 Å². The van der Waals surface area contributed by atoms with Gasteiger partial charge in [-0.25, -0.2) is 0 Å². The molecule has 1 amide bonds. The van der Waals surface area contributed by atoms with Crippen LogP contribution in [0.4, 0.5) is 0 Å². The smallest absolute Gasteiger partial charge is 0.239 e. The van der Waals surface area contributed by atoms with Crippen LogP contribution in [0.25, 0.3) is 0 Å². The molecule has 2 aliphatic rings. The van der Waals surface area contributed by atoms with Crippen LogP contribution in [-0.4, -0.2) is 92.2 Å². The summed E-state index contributed by atoms with van der Waals surface area (Å²) in [7, 11) is 0. The fraction of sp³-hybridized carbons (Fsp3) is 0.682. The van der Waals surface area contributed by atoms with Crippen LogP contribution in [0.3, 0.4) is 0 Å². The summed E-state index contributed by atoms with van der Waals surface area (Å²) in [5, 5.41) is 3.14. The first kappa shape index (κ1) is 21.2. The number of hydrogen-bond donors (Lipinski definition) is 1. The monoisotopic (exact) mass is 388 g/mol. The minimum Gasteiger partial charge on any atom is -0.378 e. The maximum absolute atomic E-state index is 12.6. The molecule has 6 nitrogen and oxygen atoms in total. The zero-order valence-electron chi connectivity index (χ0n) is 17.3. The summed E-state index contributed by atoms with van der Waals surface area (Å²) in [6.45, 7) is 12.3. The van der Waals surface area contributed by atoms with E-state index in [9.17, 15) is 4.79 Å². The predicted molar refractivity (Wildman–Crippen MR) is 112 cm³/mol. The molecule has 2 fully saturated rings. The number of nitrogens with one attached hydrogen (secondary N) is 1. The van der Waals surface area contributed by atoms with Crippen molar-refractivity contribution in [1.82, 2.24) is 20.0 Å². The summed E-state index contributed by atoms with van der Waals surface area (Å²) in [6.07, 6.45) is 2.29. The van der Waals surface area contributed by atoms with E-state index in [2.05, 4.69) is 57.3 Å². The van der Waals surface area contributed by atoms with Gasteiger partial charge in [-0.15, -0.1) is 0 Å². The average Bonchev–Trinajstić information content (AvgIpc) is 2.74. The topological polar surface area (TPSA) is 48.1 Å². The van der Waals surface area contributed by atoms with Crippen molar-refractivity contribution >= 4 is 5.91 Å². The molecule has 0 aliphatic carbocycles. The molecule has 0 saturated carbocycles. The van der Waals surface area contributed by atoms with Crippen molar-refractivity contribution in [2.45, 2.75) is 32.4 Å². The van der Waals surface area contributed by atoms with Gasteiger partial charge >= 0.3 is 0 Å². The summed E-state index contributed by atoms with van der Waals surface area (Å²) < 4.78 is 5.55. The number of nitrogens with zero attached hydrogens (tertiary/aromatic N) is 3. The molecule has 1 N–H and O–H groups in total. The Kier molecular flexibility index (Phi) is 8.73. The van der Waals surface area contributed by atoms with Crippen LogP contribution in [0.1, 0.15) is 25.3 Å². The minimum atomic E-state index is -0.122. The van der Waals surface area contributed by atoms with Gasteiger partial charge in [0, 0.05) is 52.4 Å². The molecule has 3 rings (SSSR count). The molecule has 2 aliphatic heterocycles. The van der Waals surface area contributed by atoms with E-state index in [1.807, 2.05) is 0 Å². The highest BCUT2D eigenvalue weighted by molar-refractivity contribution is 5.82. The van der Waals surface area contributed by atoms with Crippen molar-refractivity contribution in [2.75, 3.05) is 65.6 Å². The van der Waals surface area contributed by atoms with Gasteiger partial charge in [0.2, 0.25) is 5.91 Å². The average molecular weight is 389 g/mol. The van der Waals surface area contributed by atoms with Gasteiger partial charge in [-0.1, -0.05) is 43.7 Å². The quantitative estimate of drug-likeness (QED) is 0.693. The Bertz CT molecular complexity index is 575. The SMILES string of the molecule is CCCCN1CCOC[C@H]1C(=O)NCCN1CCN(Cc2ccccc2)CC1. The van der Waals surface area contributed by atoms with E-state index in [1.54, 1.807) is 0 Å². The molecule has 156 valence electrons. The molecule has 0 unspecified atom stereocenters. The highest BCUT2D eigenvalue weighted by atomic mass is 16.5. The first-order chi connectivity index (χ1) is 13.8. The number of ether oxygens (including phenoxy) is 1. The fourth-order valence-electron chi connectivity index (χ4n) is 3.98.